The van der Waals surface area contributed by atoms with Crippen molar-refractivity contribution in [3.63, 3.8) is 0 Å². The van der Waals surface area contributed by atoms with E-state index < -0.39 is 35.5 Å². The summed E-state index contributed by atoms with van der Waals surface area (Å²) in [5.41, 5.74) is -0.478. The maximum absolute atomic E-state index is 12.9. The molecule has 3 saturated carbocycles. The minimum Gasteiger partial charge on any atom is -0.481 e. The van der Waals surface area contributed by atoms with Crippen LogP contribution in [0, 0.1) is 40.4 Å². The summed E-state index contributed by atoms with van der Waals surface area (Å²) in [6, 6.07) is 0. The van der Waals surface area contributed by atoms with Gasteiger partial charge >= 0.3 is 17.9 Å². The fourth-order valence-corrected chi connectivity index (χ4v) is 8.16. The molecular formula is C25H38O8. The van der Waals surface area contributed by atoms with E-state index in [0.29, 0.717) is 18.9 Å². The lowest BCUT2D eigenvalue weighted by molar-refractivity contribution is -0.162. The van der Waals surface area contributed by atoms with Gasteiger partial charge in [0.2, 0.25) is 0 Å². The van der Waals surface area contributed by atoms with Gasteiger partial charge in [0.15, 0.2) is 0 Å². The van der Waals surface area contributed by atoms with Crippen molar-refractivity contribution < 1.29 is 39.2 Å². The predicted molar refractivity (Wildman–Crippen MR) is 117 cm³/mol. The molecule has 3 aliphatic carbocycles. The maximum Gasteiger partial charge on any atom is 0.309 e. The van der Waals surface area contributed by atoms with Crippen molar-refractivity contribution in [2.24, 2.45) is 40.4 Å². The molecule has 3 N–H and O–H groups in total. The molecule has 1 heterocycles. The van der Waals surface area contributed by atoms with Crippen LogP contribution in [0.2, 0.25) is 0 Å². The molecule has 0 unspecified atom stereocenters. The predicted octanol–water partition coefficient (Wildman–Crippen LogP) is 2.54. The van der Waals surface area contributed by atoms with E-state index in [1.807, 2.05) is 6.92 Å². The Morgan fingerprint density at radius 2 is 1.79 bits per heavy atom. The SMILES string of the molecule is C[C@@H](OC(=O)CCC(=O)O)[C@H]1CC[C@H]2[C@@H]3COC(=O)[C@H]4C[C@H](O)[C@H](O)C[C@]4(C)[C@H]3CC[C@]12C. The molecule has 8 heteroatoms. The molecule has 0 aromatic heterocycles. The average molecular weight is 467 g/mol. The van der Waals surface area contributed by atoms with Crippen molar-refractivity contribution in [2.45, 2.75) is 90.4 Å². The van der Waals surface area contributed by atoms with Crippen LogP contribution in [-0.4, -0.2) is 58.1 Å². The number of aliphatic carboxylic acids is 1. The molecule has 4 rings (SSSR count). The number of ether oxygens (including phenoxy) is 2. The van der Waals surface area contributed by atoms with E-state index in [9.17, 15) is 24.6 Å². The van der Waals surface area contributed by atoms with Crippen molar-refractivity contribution >= 4 is 17.9 Å². The standard InChI is InChI=1S/C25H38O8/c1-13(33-22(30)7-6-21(28)29)15-4-5-16-14-12-32-23(31)18-10-19(26)20(27)11-25(18,3)17(14)8-9-24(15,16)2/h13-20,26-27H,4-12H2,1-3H3,(H,28,29)/t13-,14+,15-,16+,17+,18-,19+,20-,24-,25-/m1/s1. The van der Waals surface area contributed by atoms with Crippen molar-refractivity contribution in [1.82, 2.24) is 0 Å². The van der Waals surface area contributed by atoms with Crippen molar-refractivity contribution in [2.75, 3.05) is 6.61 Å². The highest BCUT2D eigenvalue weighted by Gasteiger charge is 2.63. The second kappa shape index (κ2) is 8.84. The first-order chi connectivity index (χ1) is 15.5. The van der Waals surface area contributed by atoms with Crippen LogP contribution in [0.5, 0.6) is 0 Å². The lowest BCUT2D eigenvalue weighted by atomic mass is 9.49. The molecule has 4 fully saturated rings. The second-order valence-electron chi connectivity index (χ2n) is 11.5. The highest BCUT2D eigenvalue weighted by Crippen LogP contribution is 2.65. The van der Waals surface area contributed by atoms with E-state index in [1.165, 1.54) is 0 Å². The Kier molecular flexibility index (Phi) is 6.55. The Hall–Kier alpha value is -1.67. The van der Waals surface area contributed by atoms with Gasteiger partial charge in [0.1, 0.15) is 6.10 Å². The molecule has 33 heavy (non-hydrogen) atoms. The lowest BCUT2D eigenvalue weighted by Crippen LogP contribution is -2.54. The average Bonchev–Trinajstić information content (AvgIpc) is 3.05. The summed E-state index contributed by atoms with van der Waals surface area (Å²) in [5, 5.41) is 29.5. The van der Waals surface area contributed by atoms with Crippen LogP contribution in [0.1, 0.15) is 72.1 Å². The number of hydrogen-bond acceptors (Lipinski definition) is 7. The molecule has 0 aromatic carbocycles. The zero-order valence-electron chi connectivity index (χ0n) is 19.9. The van der Waals surface area contributed by atoms with Crippen LogP contribution >= 0.6 is 0 Å². The first-order valence-electron chi connectivity index (χ1n) is 12.4. The summed E-state index contributed by atoms with van der Waals surface area (Å²) >= 11 is 0. The van der Waals surface area contributed by atoms with Gasteiger partial charge in [0.05, 0.1) is 37.6 Å². The molecule has 1 aliphatic heterocycles. The van der Waals surface area contributed by atoms with Gasteiger partial charge in [-0.1, -0.05) is 13.8 Å². The molecule has 0 spiro atoms. The van der Waals surface area contributed by atoms with Gasteiger partial charge in [-0.2, -0.15) is 0 Å². The van der Waals surface area contributed by atoms with Gasteiger partial charge in [0, 0.05) is 5.92 Å². The fourth-order valence-electron chi connectivity index (χ4n) is 8.16. The van der Waals surface area contributed by atoms with Crippen molar-refractivity contribution in [1.29, 1.82) is 0 Å². The number of cyclic esters (lactones) is 1. The van der Waals surface area contributed by atoms with E-state index in [2.05, 4.69) is 13.8 Å². The summed E-state index contributed by atoms with van der Waals surface area (Å²) in [5.74, 6) is -1.27. The first kappa shape index (κ1) is 24.5. The van der Waals surface area contributed by atoms with Gasteiger partial charge in [-0.05, 0) is 74.0 Å². The first-order valence-corrected chi connectivity index (χ1v) is 12.4. The van der Waals surface area contributed by atoms with E-state index in [4.69, 9.17) is 14.6 Å². The van der Waals surface area contributed by atoms with Crippen LogP contribution in [-0.2, 0) is 23.9 Å². The molecule has 10 atom stereocenters. The summed E-state index contributed by atoms with van der Waals surface area (Å²) in [7, 11) is 0. The molecule has 4 aliphatic rings. The van der Waals surface area contributed by atoms with Gasteiger partial charge in [0.25, 0.3) is 0 Å². The van der Waals surface area contributed by atoms with Crippen molar-refractivity contribution in [3.05, 3.63) is 0 Å². The summed E-state index contributed by atoms with van der Waals surface area (Å²) in [4.78, 5) is 35.8. The molecular weight excluding hydrogens is 428 g/mol. The minimum atomic E-state index is -1.01. The molecule has 1 saturated heterocycles. The minimum absolute atomic E-state index is 0.0664. The fraction of sp³-hybridized carbons (Fsp3) is 0.880. The molecule has 8 nitrogen and oxygen atoms in total. The molecule has 0 radical (unpaired) electrons. The van der Waals surface area contributed by atoms with Crippen molar-refractivity contribution in [3.8, 4) is 0 Å². The quantitative estimate of drug-likeness (QED) is 0.527. The number of aliphatic hydroxyl groups is 2. The van der Waals surface area contributed by atoms with E-state index >= 15 is 0 Å². The van der Waals surface area contributed by atoms with Crippen LogP contribution < -0.4 is 0 Å². The third kappa shape index (κ3) is 4.18. The Balaban J connectivity index is 1.53. The summed E-state index contributed by atoms with van der Waals surface area (Å²) < 4.78 is 11.4. The topological polar surface area (TPSA) is 130 Å². The number of carbonyl (C=O) groups excluding carboxylic acids is 2. The summed E-state index contributed by atoms with van der Waals surface area (Å²) in [6.45, 7) is 6.63. The second-order valence-corrected chi connectivity index (χ2v) is 11.5. The molecule has 186 valence electrons. The Bertz CT molecular complexity index is 797. The van der Waals surface area contributed by atoms with Crippen LogP contribution in [0.3, 0.4) is 0 Å². The van der Waals surface area contributed by atoms with Gasteiger partial charge in [-0.15, -0.1) is 0 Å². The Labute approximate surface area is 195 Å². The van der Waals surface area contributed by atoms with Gasteiger partial charge < -0.3 is 24.8 Å². The van der Waals surface area contributed by atoms with Crippen LogP contribution in [0.4, 0.5) is 0 Å². The number of rotatable bonds is 5. The van der Waals surface area contributed by atoms with Gasteiger partial charge in [-0.3, -0.25) is 14.4 Å². The van der Waals surface area contributed by atoms with E-state index in [1.54, 1.807) is 0 Å². The maximum atomic E-state index is 12.9. The molecule has 0 aromatic rings. The number of fused-ring (bicyclic) bond motifs is 5. The highest BCUT2D eigenvalue weighted by atomic mass is 16.5. The normalized spacial score (nSPS) is 45.6. The van der Waals surface area contributed by atoms with Crippen LogP contribution in [0.25, 0.3) is 0 Å². The number of carboxylic acid groups (broad SMARTS) is 1. The zero-order chi connectivity index (χ0) is 24.1. The number of carbonyl (C=O) groups is 3. The Morgan fingerprint density at radius 1 is 1.09 bits per heavy atom. The monoisotopic (exact) mass is 466 g/mol. The smallest absolute Gasteiger partial charge is 0.309 e. The van der Waals surface area contributed by atoms with Gasteiger partial charge in [-0.25, -0.2) is 0 Å². The highest BCUT2D eigenvalue weighted by molar-refractivity contribution is 5.76. The van der Waals surface area contributed by atoms with Crippen LogP contribution in [0.15, 0.2) is 0 Å². The molecule has 0 amide bonds. The summed E-state index contributed by atoms with van der Waals surface area (Å²) in [6.07, 6.45) is 1.98. The third-order valence-corrected chi connectivity index (χ3v) is 9.85. The molecule has 0 bridgehead atoms. The van der Waals surface area contributed by atoms with E-state index in [-0.39, 0.29) is 54.5 Å². The lowest BCUT2D eigenvalue weighted by Gasteiger charge is -2.55. The zero-order valence-corrected chi connectivity index (χ0v) is 19.9. The largest absolute Gasteiger partial charge is 0.481 e. The Morgan fingerprint density at radius 3 is 2.48 bits per heavy atom. The third-order valence-electron chi connectivity index (χ3n) is 9.85. The number of aliphatic hydroxyl groups excluding tert-OH is 2. The number of esters is 2. The van der Waals surface area contributed by atoms with E-state index in [0.717, 1.165) is 25.7 Å². The number of hydrogen-bond donors (Lipinski definition) is 3. The number of carboxylic acids is 1.